The molecule has 0 radical (unpaired) electrons. The third-order valence-electron chi connectivity index (χ3n) is 4.77. The largest absolute Gasteiger partial charge is 0.352 e. The molecule has 1 amide bonds. The molecule has 0 unspecified atom stereocenters. The molecule has 2 aromatic carbocycles. The molecule has 150 valence electrons. The van der Waals surface area contributed by atoms with E-state index in [2.05, 4.69) is 15.6 Å². The second-order valence-electron chi connectivity index (χ2n) is 6.95. The van der Waals surface area contributed by atoms with Gasteiger partial charge in [-0.15, -0.1) is 0 Å². The van der Waals surface area contributed by atoms with E-state index in [0.717, 1.165) is 28.8 Å². The Balaban J connectivity index is 1.71. The minimum absolute atomic E-state index is 0.102. The van der Waals surface area contributed by atoms with Gasteiger partial charge in [-0.25, -0.2) is 4.98 Å². The van der Waals surface area contributed by atoms with Gasteiger partial charge in [-0.05, 0) is 48.2 Å². The first kappa shape index (κ1) is 19.4. The fraction of sp³-hybridized carbons (Fsp3) is 0.125. The molecule has 0 atom stereocenters. The van der Waals surface area contributed by atoms with Crippen LogP contribution < -0.4 is 16.2 Å². The van der Waals surface area contributed by atoms with Gasteiger partial charge in [0.1, 0.15) is 5.82 Å². The van der Waals surface area contributed by atoms with Crippen LogP contribution in [0.25, 0.3) is 22.0 Å². The summed E-state index contributed by atoms with van der Waals surface area (Å²) in [4.78, 5) is 32.0. The lowest BCUT2D eigenvalue weighted by Crippen LogP contribution is -2.23. The number of aromatic amines is 1. The van der Waals surface area contributed by atoms with Gasteiger partial charge in [0, 0.05) is 29.6 Å². The number of carbonyl (C=O) groups is 1. The maximum atomic E-state index is 12.5. The van der Waals surface area contributed by atoms with E-state index in [4.69, 9.17) is 4.98 Å². The zero-order chi connectivity index (χ0) is 20.9. The Labute approximate surface area is 174 Å². The number of rotatable bonds is 6. The third-order valence-corrected chi connectivity index (χ3v) is 4.77. The highest BCUT2D eigenvalue weighted by molar-refractivity contribution is 5.96. The van der Waals surface area contributed by atoms with Crippen molar-refractivity contribution in [1.82, 2.24) is 15.3 Å². The first-order chi connectivity index (χ1) is 14.7. The van der Waals surface area contributed by atoms with Gasteiger partial charge in [0.25, 0.3) is 11.5 Å². The van der Waals surface area contributed by atoms with Crippen LogP contribution in [0.1, 0.15) is 23.7 Å². The number of hydrogen-bond donors (Lipinski definition) is 3. The Morgan fingerprint density at radius 2 is 1.80 bits per heavy atom. The highest BCUT2D eigenvalue weighted by Crippen LogP contribution is 2.27. The van der Waals surface area contributed by atoms with E-state index in [1.807, 2.05) is 49.4 Å². The number of anilines is 2. The van der Waals surface area contributed by atoms with Crippen LogP contribution in [0.2, 0.25) is 0 Å². The first-order valence-electron chi connectivity index (χ1n) is 9.89. The molecule has 6 nitrogen and oxygen atoms in total. The van der Waals surface area contributed by atoms with Crippen molar-refractivity contribution < 1.29 is 4.79 Å². The van der Waals surface area contributed by atoms with Crippen LogP contribution in [0.3, 0.4) is 0 Å². The zero-order valence-electron chi connectivity index (χ0n) is 16.6. The molecule has 0 saturated heterocycles. The summed E-state index contributed by atoms with van der Waals surface area (Å²) >= 11 is 0. The second-order valence-corrected chi connectivity index (χ2v) is 6.95. The van der Waals surface area contributed by atoms with Crippen LogP contribution in [0, 0.1) is 0 Å². The molecule has 0 aliphatic rings. The molecule has 6 heteroatoms. The van der Waals surface area contributed by atoms with Crippen LogP contribution >= 0.6 is 0 Å². The average molecular weight is 398 g/mol. The Morgan fingerprint density at radius 3 is 2.53 bits per heavy atom. The summed E-state index contributed by atoms with van der Waals surface area (Å²) in [6.45, 7) is 2.65. The Kier molecular flexibility index (Phi) is 5.57. The number of hydrogen-bond acceptors (Lipinski definition) is 4. The molecule has 0 bridgehead atoms. The van der Waals surface area contributed by atoms with Crippen LogP contribution in [0.4, 0.5) is 11.5 Å². The number of nitrogens with one attached hydrogen (secondary N) is 3. The van der Waals surface area contributed by atoms with Crippen molar-refractivity contribution in [2.24, 2.45) is 0 Å². The molecule has 3 N–H and O–H groups in total. The van der Waals surface area contributed by atoms with E-state index < -0.39 is 0 Å². The molecular weight excluding hydrogens is 376 g/mol. The fourth-order valence-electron chi connectivity index (χ4n) is 3.24. The molecule has 4 aromatic rings. The molecular formula is C24H22N4O2. The van der Waals surface area contributed by atoms with Crippen molar-refractivity contribution in [2.45, 2.75) is 13.3 Å². The number of aromatic nitrogens is 2. The maximum Gasteiger partial charge on any atom is 0.259 e. The van der Waals surface area contributed by atoms with Gasteiger partial charge in [-0.2, -0.15) is 0 Å². The quantitative estimate of drug-likeness (QED) is 0.447. The van der Waals surface area contributed by atoms with Crippen LogP contribution in [-0.4, -0.2) is 22.4 Å². The van der Waals surface area contributed by atoms with Crippen molar-refractivity contribution in [2.75, 3.05) is 11.9 Å². The SMILES string of the molecule is CCCNC(=O)c1ccc(Nc2nc(-c3ccccc3)cc3cc[nH]c(=O)c23)cc1. The molecule has 4 rings (SSSR count). The number of carbonyl (C=O) groups excluding carboxylic acids is 1. The number of benzene rings is 2. The van der Waals surface area contributed by atoms with Crippen LogP contribution in [0.5, 0.6) is 0 Å². The van der Waals surface area contributed by atoms with Gasteiger partial charge in [0.05, 0.1) is 11.1 Å². The van der Waals surface area contributed by atoms with E-state index in [-0.39, 0.29) is 11.5 Å². The lowest BCUT2D eigenvalue weighted by molar-refractivity contribution is 0.0953. The fourth-order valence-corrected chi connectivity index (χ4v) is 3.24. The lowest BCUT2D eigenvalue weighted by Gasteiger charge is -2.12. The van der Waals surface area contributed by atoms with Crippen molar-refractivity contribution in [3.05, 3.63) is 88.8 Å². The van der Waals surface area contributed by atoms with E-state index in [1.165, 1.54) is 0 Å². The Morgan fingerprint density at radius 1 is 1.03 bits per heavy atom. The predicted octanol–water partition coefficient (Wildman–Crippen LogP) is 4.47. The summed E-state index contributed by atoms with van der Waals surface area (Å²) in [7, 11) is 0. The first-order valence-corrected chi connectivity index (χ1v) is 9.89. The smallest absolute Gasteiger partial charge is 0.259 e. The number of pyridine rings is 2. The zero-order valence-corrected chi connectivity index (χ0v) is 16.6. The summed E-state index contributed by atoms with van der Waals surface area (Å²) in [5.74, 6) is 0.367. The summed E-state index contributed by atoms with van der Waals surface area (Å²) in [5.41, 5.74) is 2.85. The summed E-state index contributed by atoms with van der Waals surface area (Å²) in [6.07, 6.45) is 2.52. The topological polar surface area (TPSA) is 86.9 Å². The van der Waals surface area contributed by atoms with E-state index in [0.29, 0.717) is 23.3 Å². The van der Waals surface area contributed by atoms with Crippen molar-refractivity contribution in [3.8, 4) is 11.3 Å². The Hall–Kier alpha value is -3.93. The van der Waals surface area contributed by atoms with Crippen LogP contribution in [-0.2, 0) is 0 Å². The van der Waals surface area contributed by atoms with Gasteiger partial charge in [0.2, 0.25) is 0 Å². The van der Waals surface area contributed by atoms with Gasteiger partial charge in [-0.1, -0.05) is 37.3 Å². The molecule has 0 fully saturated rings. The van der Waals surface area contributed by atoms with Gasteiger partial charge < -0.3 is 15.6 Å². The van der Waals surface area contributed by atoms with E-state index >= 15 is 0 Å². The number of fused-ring (bicyclic) bond motifs is 1. The molecule has 0 saturated carbocycles. The van der Waals surface area contributed by atoms with Crippen molar-refractivity contribution in [1.29, 1.82) is 0 Å². The number of nitrogens with zero attached hydrogens (tertiary/aromatic N) is 1. The highest BCUT2D eigenvalue weighted by atomic mass is 16.1. The second kappa shape index (κ2) is 8.61. The van der Waals surface area contributed by atoms with Gasteiger partial charge in [0.15, 0.2) is 0 Å². The molecule has 0 aliphatic heterocycles. The molecule has 2 aromatic heterocycles. The predicted molar refractivity (Wildman–Crippen MR) is 120 cm³/mol. The third kappa shape index (κ3) is 4.07. The monoisotopic (exact) mass is 398 g/mol. The number of H-pyrrole nitrogens is 1. The minimum Gasteiger partial charge on any atom is -0.352 e. The summed E-state index contributed by atoms with van der Waals surface area (Å²) < 4.78 is 0. The summed E-state index contributed by atoms with van der Waals surface area (Å²) in [5, 5.41) is 7.39. The molecule has 30 heavy (non-hydrogen) atoms. The van der Waals surface area contributed by atoms with Crippen molar-refractivity contribution in [3.63, 3.8) is 0 Å². The standard InChI is InChI=1S/C24H22N4O2/c1-2-13-25-23(29)17-8-10-19(11-9-17)27-22-21-18(12-14-26-24(21)30)15-20(28-22)16-6-4-3-5-7-16/h3-12,14-15H,2,13H2,1H3,(H,25,29)(H,26,30)(H,27,28). The molecule has 0 aliphatic carbocycles. The molecule has 2 heterocycles. The highest BCUT2D eigenvalue weighted by Gasteiger charge is 2.12. The molecule has 0 spiro atoms. The lowest BCUT2D eigenvalue weighted by atomic mass is 10.1. The van der Waals surface area contributed by atoms with E-state index in [9.17, 15) is 9.59 Å². The summed E-state index contributed by atoms with van der Waals surface area (Å²) in [6, 6.07) is 20.7. The minimum atomic E-state index is -0.210. The van der Waals surface area contributed by atoms with Gasteiger partial charge >= 0.3 is 0 Å². The average Bonchev–Trinajstić information content (AvgIpc) is 2.78. The maximum absolute atomic E-state index is 12.5. The Bertz CT molecular complexity index is 1230. The van der Waals surface area contributed by atoms with E-state index in [1.54, 1.807) is 30.5 Å². The number of amides is 1. The normalized spacial score (nSPS) is 10.7. The van der Waals surface area contributed by atoms with Gasteiger partial charge in [-0.3, -0.25) is 9.59 Å². The van der Waals surface area contributed by atoms with Crippen molar-refractivity contribution >= 4 is 28.2 Å². The van der Waals surface area contributed by atoms with Crippen LogP contribution in [0.15, 0.2) is 77.7 Å².